The van der Waals surface area contributed by atoms with E-state index in [-0.39, 0.29) is 6.79 Å². The molecule has 0 atom stereocenters. The van der Waals surface area contributed by atoms with Crippen molar-refractivity contribution in [1.82, 2.24) is 9.97 Å². The fraction of sp³-hybridized carbons (Fsp3) is 0.0909. The fourth-order valence-corrected chi connectivity index (χ4v) is 1.56. The van der Waals surface area contributed by atoms with Crippen molar-refractivity contribution in [3.8, 4) is 11.5 Å². The van der Waals surface area contributed by atoms with Crippen LogP contribution in [0.4, 0.5) is 17.3 Å². The third-order valence-corrected chi connectivity index (χ3v) is 2.33. The molecule has 2 heterocycles. The summed E-state index contributed by atoms with van der Waals surface area (Å²) in [4.78, 5) is 7.88. The van der Waals surface area contributed by atoms with E-state index < -0.39 is 0 Å². The van der Waals surface area contributed by atoms with Crippen LogP contribution in [0.2, 0.25) is 0 Å². The predicted octanol–water partition coefficient (Wildman–Crippen LogP) is 1.53. The predicted molar refractivity (Wildman–Crippen MR) is 62.3 cm³/mol. The number of aromatic nitrogens is 2. The Bertz CT molecular complexity index is 559. The molecule has 6 heteroatoms. The number of benzene rings is 1. The summed E-state index contributed by atoms with van der Waals surface area (Å²) in [7, 11) is 0. The van der Waals surface area contributed by atoms with Gasteiger partial charge in [-0.05, 0) is 12.1 Å². The maximum Gasteiger partial charge on any atom is 0.231 e. The lowest BCUT2D eigenvalue weighted by Crippen LogP contribution is -1.97. The van der Waals surface area contributed by atoms with Crippen LogP contribution in [0, 0.1) is 0 Å². The largest absolute Gasteiger partial charge is 0.454 e. The summed E-state index contributed by atoms with van der Waals surface area (Å²) in [5.41, 5.74) is 6.42. The van der Waals surface area contributed by atoms with Gasteiger partial charge in [0, 0.05) is 17.8 Å². The lowest BCUT2D eigenvalue weighted by atomic mass is 10.3. The van der Waals surface area contributed by atoms with E-state index in [4.69, 9.17) is 15.2 Å². The third kappa shape index (κ3) is 1.92. The Hall–Kier alpha value is -2.50. The smallest absolute Gasteiger partial charge is 0.231 e. The number of nitrogens with one attached hydrogen (secondary N) is 1. The number of fused-ring (bicyclic) bond motifs is 1. The summed E-state index contributed by atoms with van der Waals surface area (Å²) in [6, 6.07) is 7.23. The van der Waals surface area contributed by atoms with Gasteiger partial charge in [0.15, 0.2) is 11.5 Å². The highest BCUT2D eigenvalue weighted by atomic mass is 16.7. The lowest BCUT2D eigenvalue weighted by molar-refractivity contribution is 0.174. The van der Waals surface area contributed by atoms with Crippen molar-refractivity contribution in [2.24, 2.45) is 0 Å². The fourth-order valence-electron chi connectivity index (χ4n) is 1.56. The van der Waals surface area contributed by atoms with Crippen LogP contribution < -0.4 is 20.5 Å². The highest BCUT2D eigenvalue weighted by Gasteiger charge is 2.13. The second-order valence-corrected chi connectivity index (χ2v) is 3.52. The molecule has 1 aliphatic heterocycles. The number of nitrogens with zero attached hydrogens (tertiary/aromatic N) is 2. The normalized spacial score (nSPS) is 12.5. The summed E-state index contributed by atoms with van der Waals surface area (Å²) in [6.45, 7) is 0.263. The molecule has 0 spiro atoms. The van der Waals surface area contributed by atoms with Crippen LogP contribution in [-0.4, -0.2) is 16.8 Å². The van der Waals surface area contributed by atoms with E-state index in [9.17, 15) is 0 Å². The molecule has 0 radical (unpaired) electrons. The van der Waals surface area contributed by atoms with E-state index in [0.29, 0.717) is 11.6 Å². The average Bonchev–Trinajstić information content (AvgIpc) is 2.76. The molecule has 1 aliphatic rings. The number of hydrogen-bond donors (Lipinski definition) is 2. The lowest BCUT2D eigenvalue weighted by Gasteiger charge is -2.06. The van der Waals surface area contributed by atoms with Gasteiger partial charge in [0.05, 0.1) is 0 Å². The zero-order valence-corrected chi connectivity index (χ0v) is 8.88. The second-order valence-electron chi connectivity index (χ2n) is 3.52. The number of hydrogen-bond acceptors (Lipinski definition) is 6. The van der Waals surface area contributed by atoms with Gasteiger partial charge in [-0.1, -0.05) is 0 Å². The molecule has 0 aliphatic carbocycles. The summed E-state index contributed by atoms with van der Waals surface area (Å²) < 4.78 is 10.5. The number of ether oxygens (including phenoxy) is 2. The monoisotopic (exact) mass is 230 g/mol. The first-order valence-corrected chi connectivity index (χ1v) is 5.05. The number of nitrogens with two attached hydrogens (primary N) is 1. The van der Waals surface area contributed by atoms with Gasteiger partial charge in [0.2, 0.25) is 6.79 Å². The molecule has 17 heavy (non-hydrogen) atoms. The van der Waals surface area contributed by atoms with E-state index >= 15 is 0 Å². The van der Waals surface area contributed by atoms with Crippen molar-refractivity contribution in [2.45, 2.75) is 0 Å². The summed E-state index contributed by atoms with van der Waals surface area (Å²) >= 11 is 0. The maximum absolute atomic E-state index is 5.57. The first kappa shape index (κ1) is 9.71. The van der Waals surface area contributed by atoms with Crippen LogP contribution in [0.25, 0.3) is 0 Å². The standard InChI is InChI=1S/C11H10N4O2/c12-10-4-11(14-5-13-10)15-7-1-2-8-9(3-7)17-6-16-8/h1-5H,6H2,(H3,12,13,14,15). The van der Waals surface area contributed by atoms with Crippen LogP contribution >= 0.6 is 0 Å². The highest BCUT2D eigenvalue weighted by Crippen LogP contribution is 2.34. The van der Waals surface area contributed by atoms with Crippen molar-refractivity contribution < 1.29 is 9.47 Å². The number of nitrogen functional groups attached to an aromatic ring is 1. The summed E-state index contributed by atoms with van der Waals surface area (Å²) in [5, 5.41) is 3.11. The van der Waals surface area contributed by atoms with Crippen molar-refractivity contribution in [1.29, 1.82) is 0 Å². The summed E-state index contributed by atoms with van der Waals surface area (Å²) in [6.07, 6.45) is 1.41. The molecular weight excluding hydrogens is 220 g/mol. The van der Waals surface area contributed by atoms with Crippen LogP contribution in [0.5, 0.6) is 11.5 Å². The Morgan fingerprint density at radius 3 is 2.88 bits per heavy atom. The van der Waals surface area contributed by atoms with Gasteiger partial charge in [-0.2, -0.15) is 0 Å². The molecule has 1 aromatic heterocycles. The Balaban J connectivity index is 1.86. The van der Waals surface area contributed by atoms with Gasteiger partial charge in [-0.3, -0.25) is 0 Å². The minimum Gasteiger partial charge on any atom is -0.454 e. The SMILES string of the molecule is Nc1cc(Nc2ccc3c(c2)OCO3)ncn1. The first-order valence-electron chi connectivity index (χ1n) is 5.05. The molecule has 0 fully saturated rings. The van der Waals surface area contributed by atoms with E-state index in [1.54, 1.807) is 6.07 Å². The van der Waals surface area contributed by atoms with E-state index in [2.05, 4.69) is 15.3 Å². The molecule has 1 aromatic carbocycles. The van der Waals surface area contributed by atoms with Gasteiger partial charge in [-0.15, -0.1) is 0 Å². The minimum absolute atomic E-state index is 0.263. The first-order chi connectivity index (χ1) is 8.31. The molecule has 0 amide bonds. The Kier molecular flexibility index (Phi) is 2.18. The molecule has 3 rings (SSSR count). The van der Waals surface area contributed by atoms with E-state index in [1.807, 2.05) is 18.2 Å². The topological polar surface area (TPSA) is 82.3 Å². The molecule has 2 aromatic rings. The minimum atomic E-state index is 0.263. The van der Waals surface area contributed by atoms with Crippen LogP contribution in [0.15, 0.2) is 30.6 Å². The molecule has 0 unspecified atom stereocenters. The van der Waals surface area contributed by atoms with Gasteiger partial charge in [-0.25, -0.2) is 9.97 Å². The van der Waals surface area contributed by atoms with E-state index in [0.717, 1.165) is 17.2 Å². The van der Waals surface area contributed by atoms with Crippen LogP contribution in [-0.2, 0) is 0 Å². The van der Waals surface area contributed by atoms with Crippen LogP contribution in [0.3, 0.4) is 0 Å². The van der Waals surface area contributed by atoms with Crippen molar-refractivity contribution >= 4 is 17.3 Å². The Labute approximate surface area is 97.4 Å². The molecule has 0 saturated carbocycles. The van der Waals surface area contributed by atoms with Gasteiger partial charge >= 0.3 is 0 Å². The molecule has 0 bridgehead atoms. The van der Waals surface area contributed by atoms with Crippen molar-refractivity contribution in [3.05, 3.63) is 30.6 Å². The van der Waals surface area contributed by atoms with Crippen LogP contribution in [0.1, 0.15) is 0 Å². The molecular formula is C11H10N4O2. The van der Waals surface area contributed by atoms with Gasteiger partial charge in [0.1, 0.15) is 18.0 Å². The zero-order chi connectivity index (χ0) is 11.7. The zero-order valence-electron chi connectivity index (χ0n) is 8.88. The van der Waals surface area contributed by atoms with Crippen molar-refractivity contribution in [3.63, 3.8) is 0 Å². The molecule has 86 valence electrons. The van der Waals surface area contributed by atoms with Crippen molar-refractivity contribution in [2.75, 3.05) is 17.8 Å². The third-order valence-electron chi connectivity index (χ3n) is 2.33. The average molecular weight is 230 g/mol. The molecule has 0 saturated heterocycles. The number of rotatable bonds is 2. The second kappa shape index (κ2) is 3.82. The number of anilines is 3. The van der Waals surface area contributed by atoms with E-state index in [1.165, 1.54) is 6.33 Å². The summed E-state index contributed by atoms with van der Waals surface area (Å²) in [5.74, 6) is 2.52. The maximum atomic E-state index is 5.57. The molecule has 3 N–H and O–H groups in total. The van der Waals surface area contributed by atoms with Gasteiger partial charge in [0.25, 0.3) is 0 Å². The Morgan fingerprint density at radius 2 is 2.00 bits per heavy atom. The quantitative estimate of drug-likeness (QED) is 0.814. The van der Waals surface area contributed by atoms with Gasteiger partial charge < -0.3 is 20.5 Å². The molecule has 6 nitrogen and oxygen atoms in total. The Morgan fingerprint density at radius 1 is 1.12 bits per heavy atom. The highest BCUT2D eigenvalue weighted by molar-refractivity contribution is 5.62.